The van der Waals surface area contributed by atoms with Gasteiger partial charge in [0.15, 0.2) is 11.5 Å². The second kappa shape index (κ2) is 4.22. The van der Waals surface area contributed by atoms with Crippen molar-refractivity contribution >= 4 is 21.7 Å². The minimum atomic E-state index is 0.122. The SMILES string of the molecule is Nc1nonc1-c1noc(-c2cccc(Br)c2)n1. The highest BCUT2D eigenvalue weighted by atomic mass is 79.9. The molecule has 0 saturated heterocycles. The van der Waals surface area contributed by atoms with E-state index in [1.807, 2.05) is 24.3 Å². The molecule has 3 rings (SSSR count). The summed E-state index contributed by atoms with van der Waals surface area (Å²) in [4.78, 5) is 4.18. The minimum Gasteiger partial charge on any atom is -0.379 e. The lowest BCUT2D eigenvalue weighted by Crippen LogP contribution is -1.89. The number of nitrogen functional groups attached to an aromatic ring is 1. The first-order valence-corrected chi connectivity index (χ1v) is 5.71. The van der Waals surface area contributed by atoms with E-state index in [0.29, 0.717) is 5.89 Å². The normalized spacial score (nSPS) is 10.7. The molecule has 2 aromatic heterocycles. The van der Waals surface area contributed by atoms with Crippen molar-refractivity contribution in [3.05, 3.63) is 28.7 Å². The van der Waals surface area contributed by atoms with E-state index in [4.69, 9.17) is 10.3 Å². The fourth-order valence-electron chi connectivity index (χ4n) is 1.41. The molecule has 0 bridgehead atoms. The van der Waals surface area contributed by atoms with Gasteiger partial charge in [-0.15, -0.1) is 0 Å². The maximum absolute atomic E-state index is 5.55. The molecule has 18 heavy (non-hydrogen) atoms. The summed E-state index contributed by atoms with van der Waals surface area (Å²) in [6.07, 6.45) is 0. The molecule has 0 aliphatic rings. The van der Waals surface area contributed by atoms with Crippen LogP contribution in [0.1, 0.15) is 0 Å². The van der Waals surface area contributed by atoms with Gasteiger partial charge in [-0.1, -0.05) is 27.2 Å². The molecule has 2 heterocycles. The number of nitrogens with zero attached hydrogens (tertiary/aromatic N) is 4. The smallest absolute Gasteiger partial charge is 0.258 e. The number of rotatable bonds is 2. The molecule has 7 nitrogen and oxygen atoms in total. The second-order valence-corrected chi connectivity index (χ2v) is 4.35. The van der Waals surface area contributed by atoms with E-state index in [2.05, 4.69) is 41.0 Å². The molecule has 90 valence electrons. The summed E-state index contributed by atoms with van der Waals surface area (Å²) >= 11 is 3.37. The molecule has 0 radical (unpaired) electrons. The average molecular weight is 308 g/mol. The van der Waals surface area contributed by atoms with Crippen molar-refractivity contribution in [2.24, 2.45) is 0 Å². The Hall–Kier alpha value is -2.22. The number of hydrogen-bond acceptors (Lipinski definition) is 7. The number of anilines is 1. The highest BCUT2D eigenvalue weighted by Crippen LogP contribution is 2.25. The fourth-order valence-corrected chi connectivity index (χ4v) is 1.81. The van der Waals surface area contributed by atoms with E-state index in [-0.39, 0.29) is 17.3 Å². The molecular formula is C10H6BrN5O2. The van der Waals surface area contributed by atoms with Crippen LogP contribution in [0.25, 0.3) is 23.0 Å². The van der Waals surface area contributed by atoms with Crippen LogP contribution in [-0.4, -0.2) is 20.5 Å². The third-order valence-electron chi connectivity index (χ3n) is 2.22. The van der Waals surface area contributed by atoms with E-state index >= 15 is 0 Å². The number of halogens is 1. The van der Waals surface area contributed by atoms with Crippen LogP contribution in [0.3, 0.4) is 0 Å². The van der Waals surface area contributed by atoms with Gasteiger partial charge in [0, 0.05) is 10.0 Å². The highest BCUT2D eigenvalue weighted by Gasteiger charge is 2.17. The topological polar surface area (TPSA) is 104 Å². The third-order valence-corrected chi connectivity index (χ3v) is 2.72. The van der Waals surface area contributed by atoms with Crippen molar-refractivity contribution < 1.29 is 9.15 Å². The van der Waals surface area contributed by atoms with Crippen LogP contribution in [0.15, 0.2) is 37.9 Å². The van der Waals surface area contributed by atoms with Gasteiger partial charge >= 0.3 is 0 Å². The predicted molar refractivity (Wildman–Crippen MR) is 65.1 cm³/mol. The van der Waals surface area contributed by atoms with Gasteiger partial charge in [-0.2, -0.15) is 4.98 Å². The van der Waals surface area contributed by atoms with Crippen LogP contribution in [-0.2, 0) is 0 Å². The minimum absolute atomic E-state index is 0.122. The van der Waals surface area contributed by atoms with Gasteiger partial charge < -0.3 is 10.3 Å². The molecule has 0 aliphatic carbocycles. The molecule has 0 spiro atoms. The summed E-state index contributed by atoms with van der Waals surface area (Å²) in [5.74, 6) is 0.731. The van der Waals surface area contributed by atoms with Crippen LogP contribution in [0.4, 0.5) is 5.82 Å². The van der Waals surface area contributed by atoms with Crippen LogP contribution >= 0.6 is 15.9 Å². The third kappa shape index (κ3) is 1.86. The Kier molecular flexibility index (Phi) is 2.56. The molecule has 2 N–H and O–H groups in total. The van der Waals surface area contributed by atoms with Gasteiger partial charge in [0.05, 0.1) is 0 Å². The molecule has 3 aromatic rings. The lowest BCUT2D eigenvalue weighted by molar-refractivity contribution is 0.310. The van der Waals surface area contributed by atoms with Gasteiger partial charge in [0.25, 0.3) is 5.89 Å². The standard InChI is InChI=1S/C10H6BrN5O2/c11-6-3-1-2-5(4-6)10-13-9(16-17-10)7-8(12)15-18-14-7/h1-4H,(H2,12,15). The van der Waals surface area contributed by atoms with E-state index in [0.717, 1.165) is 10.0 Å². The van der Waals surface area contributed by atoms with Crippen LogP contribution in [0, 0.1) is 0 Å². The van der Waals surface area contributed by atoms with Crippen LogP contribution < -0.4 is 5.73 Å². The molecule has 1 aromatic carbocycles. The summed E-state index contributed by atoms with van der Waals surface area (Å²) in [6.45, 7) is 0. The zero-order chi connectivity index (χ0) is 12.5. The summed E-state index contributed by atoms with van der Waals surface area (Å²) in [6, 6.07) is 7.49. The van der Waals surface area contributed by atoms with E-state index in [9.17, 15) is 0 Å². The van der Waals surface area contributed by atoms with Crippen molar-refractivity contribution in [1.29, 1.82) is 0 Å². The zero-order valence-corrected chi connectivity index (χ0v) is 10.5. The van der Waals surface area contributed by atoms with Crippen molar-refractivity contribution in [1.82, 2.24) is 20.5 Å². The van der Waals surface area contributed by atoms with Crippen molar-refractivity contribution in [2.75, 3.05) is 5.73 Å². The van der Waals surface area contributed by atoms with Gasteiger partial charge in [0.2, 0.25) is 5.82 Å². The second-order valence-electron chi connectivity index (χ2n) is 3.43. The largest absolute Gasteiger partial charge is 0.379 e. The first-order valence-electron chi connectivity index (χ1n) is 4.92. The maximum atomic E-state index is 5.55. The van der Waals surface area contributed by atoms with Crippen molar-refractivity contribution in [3.63, 3.8) is 0 Å². The molecule has 0 saturated carbocycles. The molecule has 0 aliphatic heterocycles. The van der Waals surface area contributed by atoms with Gasteiger partial charge in [-0.25, -0.2) is 4.63 Å². The Morgan fingerprint density at radius 1 is 1.17 bits per heavy atom. The Balaban J connectivity index is 2.02. The summed E-state index contributed by atoms with van der Waals surface area (Å²) in [5.41, 5.74) is 6.60. The highest BCUT2D eigenvalue weighted by molar-refractivity contribution is 9.10. The lowest BCUT2D eigenvalue weighted by Gasteiger charge is -1.93. The maximum Gasteiger partial charge on any atom is 0.258 e. The Morgan fingerprint density at radius 3 is 2.78 bits per heavy atom. The van der Waals surface area contributed by atoms with E-state index < -0.39 is 0 Å². The van der Waals surface area contributed by atoms with Crippen LogP contribution in [0.2, 0.25) is 0 Å². The summed E-state index contributed by atoms with van der Waals surface area (Å²) in [5, 5.41) is 10.8. The summed E-state index contributed by atoms with van der Waals surface area (Å²) < 4.78 is 10.5. The molecule has 0 amide bonds. The zero-order valence-electron chi connectivity index (χ0n) is 8.87. The van der Waals surface area contributed by atoms with Crippen LogP contribution in [0.5, 0.6) is 0 Å². The van der Waals surface area contributed by atoms with E-state index in [1.54, 1.807) is 0 Å². The van der Waals surface area contributed by atoms with Gasteiger partial charge in [-0.3, -0.25) is 0 Å². The molecule has 0 atom stereocenters. The first-order chi connectivity index (χ1) is 8.74. The fraction of sp³-hybridized carbons (Fsp3) is 0. The number of benzene rings is 1. The number of nitrogens with two attached hydrogens (primary N) is 1. The molecule has 0 unspecified atom stereocenters. The van der Waals surface area contributed by atoms with Gasteiger partial charge in [0.1, 0.15) is 0 Å². The summed E-state index contributed by atoms with van der Waals surface area (Å²) in [7, 11) is 0. The molecular weight excluding hydrogens is 302 g/mol. The van der Waals surface area contributed by atoms with E-state index in [1.165, 1.54) is 0 Å². The molecule has 8 heteroatoms. The Bertz CT molecular complexity index is 693. The Morgan fingerprint density at radius 2 is 2.06 bits per heavy atom. The molecule has 0 fully saturated rings. The predicted octanol–water partition coefficient (Wildman–Crippen LogP) is 2.13. The van der Waals surface area contributed by atoms with Gasteiger partial charge in [-0.05, 0) is 28.5 Å². The number of aromatic nitrogens is 4. The van der Waals surface area contributed by atoms with Crippen molar-refractivity contribution in [2.45, 2.75) is 0 Å². The van der Waals surface area contributed by atoms with Crippen molar-refractivity contribution in [3.8, 4) is 23.0 Å². The average Bonchev–Trinajstić information content (AvgIpc) is 2.97. The number of hydrogen-bond donors (Lipinski definition) is 1. The lowest BCUT2D eigenvalue weighted by atomic mass is 10.2. The monoisotopic (exact) mass is 307 g/mol. The Labute approximate surface area is 109 Å². The quantitative estimate of drug-likeness (QED) is 0.773. The first kappa shape index (κ1) is 10.9.